The largest absolute Gasteiger partial charge is 0.330 e. The minimum Gasteiger partial charge on any atom is -0.330 e. The van der Waals surface area contributed by atoms with E-state index in [-0.39, 0.29) is 0 Å². The number of hydrogen-bond acceptors (Lipinski definition) is 1. The second-order valence-electron chi connectivity index (χ2n) is 5.34. The van der Waals surface area contributed by atoms with Gasteiger partial charge in [-0.05, 0) is 54.7 Å². The van der Waals surface area contributed by atoms with Gasteiger partial charge in [-0.15, -0.1) is 0 Å². The Balaban J connectivity index is 2.11. The molecule has 0 aromatic heterocycles. The number of nitrogens with two attached hydrogens (primary N) is 1. The van der Waals surface area contributed by atoms with E-state index in [9.17, 15) is 0 Å². The molecule has 0 saturated heterocycles. The highest BCUT2D eigenvalue weighted by atomic mass is 14.5. The molecule has 1 unspecified atom stereocenters. The molecule has 0 bridgehead atoms. The minimum absolute atomic E-state index is 0.628. The van der Waals surface area contributed by atoms with Crippen molar-refractivity contribution >= 4 is 0 Å². The molecule has 0 spiro atoms. The molecule has 0 radical (unpaired) electrons. The van der Waals surface area contributed by atoms with E-state index in [4.69, 9.17) is 5.73 Å². The molecule has 2 rings (SSSR count). The van der Waals surface area contributed by atoms with Gasteiger partial charge in [-0.25, -0.2) is 0 Å². The van der Waals surface area contributed by atoms with Crippen LogP contribution in [0.1, 0.15) is 56.1 Å². The smallest absolute Gasteiger partial charge is 0.00713 e. The highest BCUT2D eigenvalue weighted by Crippen LogP contribution is 2.44. The zero-order chi connectivity index (χ0) is 11.5. The van der Waals surface area contributed by atoms with Gasteiger partial charge in [0.25, 0.3) is 0 Å². The Morgan fingerprint density at radius 3 is 2.12 bits per heavy atom. The van der Waals surface area contributed by atoms with Crippen LogP contribution in [0.2, 0.25) is 0 Å². The summed E-state index contributed by atoms with van der Waals surface area (Å²) >= 11 is 0. The molecule has 0 heterocycles. The Morgan fingerprint density at radius 2 is 1.69 bits per heavy atom. The van der Waals surface area contributed by atoms with Crippen LogP contribution in [0.15, 0.2) is 24.3 Å². The predicted octanol–water partition coefficient (Wildman–Crippen LogP) is 3.65. The van der Waals surface area contributed by atoms with Gasteiger partial charge in [-0.1, -0.05) is 38.1 Å². The monoisotopic (exact) mass is 217 g/mol. The van der Waals surface area contributed by atoms with E-state index in [0.29, 0.717) is 11.8 Å². The average molecular weight is 217 g/mol. The zero-order valence-corrected chi connectivity index (χ0v) is 10.4. The minimum atomic E-state index is 0.628. The van der Waals surface area contributed by atoms with Crippen LogP contribution < -0.4 is 5.73 Å². The molecule has 1 nitrogen and oxygen atoms in total. The van der Waals surface area contributed by atoms with E-state index >= 15 is 0 Å². The first-order valence-corrected chi connectivity index (χ1v) is 6.52. The Morgan fingerprint density at radius 1 is 1.12 bits per heavy atom. The quantitative estimate of drug-likeness (QED) is 0.800. The molecule has 1 fully saturated rings. The summed E-state index contributed by atoms with van der Waals surface area (Å²) in [5, 5.41) is 0. The van der Waals surface area contributed by atoms with Gasteiger partial charge in [0.05, 0.1) is 0 Å². The molecule has 88 valence electrons. The van der Waals surface area contributed by atoms with Gasteiger partial charge in [0.15, 0.2) is 0 Å². The van der Waals surface area contributed by atoms with E-state index < -0.39 is 0 Å². The van der Waals surface area contributed by atoms with Gasteiger partial charge in [0, 0.05) is 0 Å². The van der Waals surface area contributed by atoms with Gasteiger partial charge in [-0.3, -0.25) is 0 Å². The topological polar surface area (TPSA) is 26.0 Å². The number of hydrogen-bond donors (Lipinski definition) is 1. The molecule has 1 atom stereocenters. The van der Waals surface area contributed by atoms with E-state index in [0.717, 1.165) is 18.9 Å². The first-order chi connectivity index (χ1) is 7.72. The second-order valence-corrected chi connectivity index (χ2v) is 5.34. The lowest BCUT2D eigenvalue weighted by molar-refractivity contribution is 0.565. The maximum absolute atomic E-state index is 5.71. The lowest BCUT2D eigenvalue weighted by Gasteiger charge is -2.16. The molecule has 1 aromatic carbocycles. The Kier molecular flexibility index (Phi) is 3.65. The normalized spacial score (nSPS) is 17.8. The second kappa shape index (κ2) is 5.01. The van der Waals surface area contributed by atoms with Crippen LogP contribution >= 0.6 is 0 Å². The van der Waals surface area contributed by atoms with E-state index in [1.165, 1.54) is 24.0 Å². The fraction of sp³-hybridized carbons (Fsp3) is 0.600. The molecule has 0 amide bonds. The van der Waals surface area contributed by atoms with Crippen LogP contribution in [0, 0.1) is 5.92 Å². The molecule has 1 heteroatoms. The molecule has 0 aliphatic heterocycles. The lowest BCUT2D eigenvalue weighted by atomic mass is 9.89. The van der Waals surface area contributed by atoms with Crippen molar-refractivity contribution in [3.8, 4) is 0 Å². The van der Waals surface area contributed by atoms with E-state index in [2.05, 4.69) is 38.1 Å². The SMILES string of the molecule is CC(C)c1ccc(C(CCN)C2CC2)cc1. The summed E-state index contributed by atoms with van der Waals surface area (Å²) in [6.45, 7) is 5.30. The zero-order valence-electron chi connectivity index (χ0n) is 10.4. The molecule has 1 aromatic rings. The summed E-state index contributed by atoms with van der Waals surface area (Å²) in [6, 6.07) is 9.19. The summed E-state index contributed by atoms with van der Waals surface area (Å²) in [7, 11) is 0. The number of benzene rings is 1. The fourth-order valence-corrected chi connectivity index (χ4v) is 2.48. The van der Waals surface area contributed by atoms with Gasteiger partial charge in [-0.2, -0.15) is 0 Å². The predicted molar refractivity (Wildman–Crippen MR) is 69.7 cm³/mol. The third kappa shape index (κ3) is 2.65. The Bertz CT molecular complexity index is 322. The first-order valence-electron chi connectivity index (χ1n) is 6.52. The van der Waals surface area contributed by atoms with E-state index in [1.54, 1.807) is 0 Å². The summed E-state index contributed by atoms with van der Waals surface area (Å²) in [6.07, 6.45) is 3.94. The average Bonchev–Trinajstić information content (AvgIpc) is 3.10. The summed E-state index contributed by atoms with van der Waals surface area (Å²) < 4.78 is 0. The van der Waals surface area contributed by atoms with Gasteiger partial charge < -0.3 is 5.73 Å². The molecular formula is C15H23N. The van der Waals surface area contributed by atoms with Crippen molar-refractivity contribution in [2.24, 2.45) is 11.7 Å². The van der Waals surface area contributed by atoms with Gasteiger partial charge >= 0.3 is 0 Å². The summed E-state index contributed by atoms with van der Waals surface area (Å²) in [5.41, 5.74) is 8.64. The van der Waals surface area contributed by atoms with Gasteiger partial charge in [0.1, 0.15) is 0 Å². The molecule has 1 saturated carbocycles. The van der Waals surface area contributed by atoms with Crippen LogP contribution in [0.4, 0.5) is 0 Å². The summed E-state index contributed by atoms with van der Waals surface area (Å²) in [5.74, 6) is 2.25. The van der Waals surface area contributed by atoms with Crippen LogP contribution in [0.3, 0.4) is 0 Å². The molecule has 1 aliphatic carbocycles. The summed E-state index contributed by atoms with van der Waals surface area (Å²) in [4.78, 5) is 0. The standard InChI is InChI=1S/C15H23N/c1-11(2)12-3-5-13(6-4-12)15(9-10-16)14-7-8-14/h3-6,11,14-15H,7-10,16H2,1-2H3. The van der Waals surface area contributed by atoms with Gasteiger partial charge in [0.2, 0.25) is 0 Å². The van der Waals surface area contributed by atoms with Crippen LogP contribution in [0.5, 0.6) is 0 Å². The van der Waals surface area contributed by atoms with Crippen molar-refractivity contribution in [2.75, 3.05) is 6.54 Å². The Hall–Kier alpha value is -0.820. The van der Waals surface area contributed by atoms with Crippen molar-refractivity contribution in [3.63, 3.8) is 0 Å². The lowest BCUT2D eigenvalue weighted by Crippen LogP contribution is -2.09. The third-order valence-electron chi connectivity index (χ3n) is 3.70. The van der Waals surface area contributed by atoms with Crippen molar-refractivity contribution in [3.05, 3.63) is 35.4 Å². The number of rotatable bonds is 5. The van der Waals surface area contributed by atoms with E-state index in [1.807, 2.05) is 0 Å². The fourth-order valence-electron chi connectivity index (χ4n) is 2.48. The van der Waals surface area contributed by atoms with Crippen molar-refractivity contribution in [1.29, 1.82) is 0 Å². The van der Waals surface area contributed by atoms with Crippen LogP contribution in [0.25, 0.3) is 0 Å². The Labute approximate surface area is 99.0 Å². The maximum atomic E-state index is 5.71. The van der Waals surface area contributed by atoms with Crippen molar-refractivity contribution in [2.45, 2.75) is 44.9 Å². The molecular weight excluding hydrogens is 194 g/mol. The maximum Gasteiger partial charge on any atom is -0.00713 e. The third-order valence-corrected chi connectivity index (χ3v) is 3.70. The van der Waals surface area contributed by atoms with Crippen molar-refractivity contribution < 1.29 is 0 Å². The highest BCUT2D eigenvalue weighted by molar-refractivity contribution is 5.28. The molecule has 1 aliphatic rings. The van der Waals surface area contributed by atoms with Crippen LogP contribution in [-0.2, 0) is 0 Å². The molecule has 2 N–H and O–H groups in total. The highest BCUT2D eigenvalue weighted by Gasteiger charge is 2.31. The van der Waals surface area contributed by atoms with Crippen LogP contribution in [-0.4, -0.2) is 6.54 Å². The molecule has 16 heavy (non-hydrogen) atoms. The first kappa shape index (κ1) is 11.7. The van der Waals surface area contributed by atoms with Crippen molar-refractivity contribution in [1.82, 2.24) is 0 Å².